The van der Waals surface area contributed by atoms with Crippen LogP contribution in [0, 0.1) is 0 Å². The maximum atomic E-state index is 9.08. The number of aliphatic hydroxyl groups is 1. The summed E-state index contributed by atoms with van der Waals surface area (Å²) in [5, 5.41) is 9.50. The van der Waals surface area contributed by atoms with Gasteiger partial charge in [0.2, 0.25) is 5.88 Å². The highest BCUT2D eigenvalue weighted by Crippen LogP contribution is 2.32. The Balaban J connectivity index is 2.28. The molecule has 3 nitrogen and oxygen atoms in total. The van der Waals surface area contributed by atoms with E-state index in [-0.39, 0.29) is 6.61 Å². The number of halogens is 3. The molecule has 0 aliphatic carbocycles. The van der Waals surface area contributed by atoms with Crippen LogP contribution in [0.15, 0.2) is 39.3 Å². The van der Waals surface area contributed by atoms with E-state index >= 15 is 0 Å². The Kier molecular flexibility index (Phi) is 4.61. The fourth-order valence-electron chi connectivity index (χ4n) is 1.30. The number of ether oxygens (including phenoxy) is 1. The summed E-state index contributed by atoms with van der Waals surface area (Å²) in [6, 6.07) is 8.84. The van der Waals surface area contributed by atoms with Crippen molar-refractivity contribution in [1.29, 1.82) is 0 Å². The minimum absolute atomic E-state index is 0.225. The van der Waals surface area contributed by atoms with Gasteiger partial charge in [-0.25, -0.2) is 4.98 Å². The molecule has 0 unspecified atom stereocenters. The van der Waals surface area contributed by atoms with Gasteiger partial charge in [0.1, 0.15) is 5.75 Å². The summed E-state index contributed by atoms with van der Waals surface area (Å²) < 4.78 is 7.36. The third-order valence-corrected chi connectivity index (χ3v) is 3.61. The molecule has 0 atom stereocenters. The summed E-state index contributed by atoms with van der Waals surface area (Å²) in [6.07, 6.45) is 0. The molecular weight excluding hydrogens is 385 g/mol. The number of rotatable bonds is 3. The van der Waals surface area contributed by atoms with Gasteiger partial charge < -0.3 is 9.84 Å². The van der Waals surface area contributed by atoms with Gasteiger partial charge in [0, 0.05) is 10.5 Å². The zero-order valence-electron chi connectivity index (χ0n) is 9.03. The molecule has 0 spiro atoms. The van der Waals surface area contributed by atoms with E-state index < -0.39 is 0 Å². The fourth-order valence-corrected chi connectivity index (χ4v) is 2.60. The lowest BCUT2D eigenvalue weighted by Gasteiger charge is -2.08. The van der Waals surface area contributed by atoms with E-state index in [2.05, 4.69) is 36.8 Å². The van der Waals surface area contributed by atoms with Gasteiger partial charge in [-0.1, -0.05) is 27.5 Å². The Bertz CT molecular complexity index is 578. The van der Waals surface area contributed by atoms with E-state index in [1.54, 1.807) is 12.1 Å². The summed E-state index contributed by atoms with van der Waals surface area (Å²) >= 11 is 12.6. The lowest BCUT2D eigenvalue weighted by Crippen LogP contribution is -1.94. The average Bonchev–Trinajstić information content (AvgIpc) is 2.35. The van der Waals surface area contributed by atoms with Crippen molar-refractivity contribution in [3.8, 4) is 11.6 Å². The molecule has 6 heteroatoms. The average molecular weight is 393 g/mol. The van der Waals surface area contributed by atoms with Gasteiger partial charge >= 0.3 is 0 Å². The largest absolute Gasteiger partial charge is 0.438 e. The number of benzene rings is 1. The van der Waals surface area contributed by atoms with Crippen molar-refractivity contribution in [2.45, 2.75) is 6.61 Å². The number of aromatic nitrogens is 1. The first kappa shape index (κ1) is 13.8. The molecule has 0 bridgehead atoms. The highest BCUT2D eigenvalue weighted by Gasteiger charge is 2.07. The first-order valence-electron chi connectivity index (χ1n) is 4.99. The van der Waals surface area contributed by atoms with Crippen molar-refractivity contribution in [3.63, 3.8) is 0 Å². The topological polar surface area (TPSA) is 42.4 Å². The van der Waals surface area contributed by atoms with Gasteiger partial charge in [-0.15, -0.1) is 0 Å². The summed E-state index contributed by atoms with van der Waals surface area (Å²) in [5.74, 6) is 1.02. The second kappa shape index (κ2) is 6.02. The van der Waals surface area contributed by atoms with E-state index in [1.807, 2.05) is 18.2 Å². The first-order valence-corrected chi connectivity index (χ1v) is 6.95. The first-order chi connectivity index (χ1) is 8.60. The van der Waals surface area contributed by atoms with Gasteiger partial charge in [0.15, 0.2) is 0 Å². The van der Waals surface area contributed by atoms with Crippen molar-refractivity contribution in [1.82, 2.24) is 4.98 Å². The summed E-state index contributed by atoms with van der Waals surface area (Å²) in [5.41, 5.74) is 0.391. The van der Waals surface area contributed by atoms with Gasteiger partial charge in [0.05, 0.1) is 21.8 Å². The zero-order valence-corrected chi connectivity index (χ0v) is 13.0. The van der Waals surface area contributed by atoms with Crippen LogP contribution < -0.4 is 4.74 Å². The molecule has 0 aliphatic heterocycles. The van der Waals surface area contributed by atoms with Gasteiger partial charge in [-0.3, -0.25) is 0 Å². The molecule has 2 aromatic rings. The van der Waals surface area contributed by atoms with Crippen molar-refractivity contribution in [3.05, 3.63) is 50.0 Å². The minimum atomic E-state index is -0.225. The Morgan fingerprint density at radius 2 is 2.00 bits per heavy atom. The molecule has 18 heavy (non-hydrogen) atoms. The smallest absolute Gasteiger partial charge is 0.219 e. The van der Waals surface area contributed by atoms with Crippen LogP contribution in [0.5, 0.6) is 11.6 Å². The quantitative estimate of drug-likeness (QED) is 0.832. The third-order valence-electron chi connectivity index (χ3n) is 2.15. The number of pyridine rings is 1. The van der Waals surface area contributed by atoms with E-state index in [1.165, 1.54) is 0 Å². The summed E-state index contributed by atoms with van der Waals surface area (Å²) in [4.78, 5) is 4.11. The second-order valence-corrected chi connectivity index (χ2v) is 5.59. The molecular formula is C12H8Br2ClNO2. The zero-order chi connectivity index (χ0) is 13.1. The van der Waals surface area contributed by atoms with Crippen molar-refractivity contribution < 1.29 is 9.84 Å². The summed E-state index contributed by atoms with van der Waals surface area (Å²) in [7, 11) is 0. The Hall–Kier alpha value is -0.620. The third kappa shape index (κ3) is 3.23. The molecule has 0 fully saturated rings. The van der Waals surface area contributed by atoms with Crippen LogP contribution in [0.1, 0.15) is 5.69 Å². The fraction of sp³-hybridized carbons (Fsp3) is 0.0833. The van der Waals surface area contributed by atoms with Gasteiger partial charge in [-0.2, -0.15) is 0 Å². The maximum absolute atomic E-state index is 9.08. The Labute approximate surface area is 126 Å². The summed E-state index contributed by atoms with van der Waals surface area (Å²) in [6.45, 7) is -0.225. The molecule has 0 amide bonds. The van der Waals surface area contributed by atoms with E-state index in [0.29, 0.717) is 22.3 Å². The highest BCUT2D eigenvalue weighted by molar-refractivity contribution is 9.11. The standard InChI is InChI=1S/C12H8Br2ClNO2/c13-7-1-3-11(8(14)5-7)18-12-4-2-9(15)10(6-17)16-12/h1-5,17H,6H2. The van der Waals surface area contributed by atoms with Crippen molar-refractivity contribution >= 4 is 43.5 Å². The monoisotopic (exact) mass is 391 g/mol. The lowest BCUT2D eigenvalue weighted by atomic mass is 10.3. The van der Waals surface area contributed by atoms with Crippen LogP contribution in [-0.4, -0.2) is 10.1 Å². The Morgan fingerprint density at radius 1 is 1.22 bits per heavy atom. The van der Waals surface area contributed by atoms with Gasteiger partial charge in [0.25, 0.3) is 0 Å². The molecule has 1 aromatic carbocycles. The predicted octanol–water partition coefficient (Wildman–Crippen LogP) is 4.54. The molecule has 1 N–H and O–H groups in total. The van der Waals surface area contributed by atoms with Crippen molar-refractivity contribution in [2.75, 3.05) is 0 Å². The van der Waals surface area contributed by atoms with Gasteiger partial charge in [-0.05, 0) is 40.2 Å². The molecule has 1 heterocycles. The lowest BCUT2D eigenvalue weighted by molar-refractivity contribution is 0.275. The minimum Gasteiger partial charge on any atom is -0.438 e. The van der Waals surface area contributed by atoms with Crippen LogP contribution >= 0.6 is 43.5 Å². The SMILES string of the molecule is OCc1nc(Oc2ccc(Br)cc2Br)ccc1Cl. The predicted molar refractivity (Wildman–Crippen MR) is 77.1 cm³/mol. The van der Waals surface area contributed by atoms with Crippen LogP contribution in [0.4, 0.5) is 0 Å². The highest BCUT2D eigenvalue weighted by atomic mass is 79.9. The van der Waals surface area contributed by atoms with E-state index in [9.17, 15) is 0 Å². The van der Waals surface area contributed by atoms with E-state index in [0.717, 1.165) is 8.95 Å². The second-order valence-electron chi connectivity index (χ2n) is 3.41. The molecule has 1 aromatic heterocycles. The number of hydrogen-bond donors (Lipinski definition) is 1. The van der Waals surface area contributed by atoms with Crippen molar-refractivity contribution in [2.24, 2.45) is 0 Å². The van der Waals surface area contributed by atoms with Crippen LogP contribution in [0.25, 0.3) is 0 Å². The van der Waals surface area contributed by atoms with Crippen LogP contribution in [-0.2, 0) is 6.61 Å². The number of aliphatic hydroxyl groups excluding tert-OH is 1. The van der Waals surface area contributed by atoms with Crippen LogP contribution in [0.3, 0.4) is 0 Å². The Morgan fingerprint density at radius 3 is 2.67 bits per heavy atom. The number of nitrogens with zero attached hydrogens (tertiary/aromatic N) is 1. The number of hydrogen-bond acceptors (Lipinski definition) is 3. The molecule has 0 aliphatic rings. The normalized spacial score (nSPS) is 10.4. The molecule has 0 radical (unpaired) electrons. The molecule has 0 saturated carbocycles. The molecule has 94 valence electrons. The maximum Gasteiger partial charge on any atom is 0.219 e. The van der Waals surface area contributed by atoms with Crippen LogP contribution in [0.2, 0.25) is 5.02 Å². The molecule has 2 rings (SSSR count). The van der Waals surface area contributed by atoms with E-state index in [4.69, 9.17) is 21.4 Å². The molecule has 0 saturated heterocycles.